The molecule has 0 atom stereocenters. The second kappa shape index (κ2) is 14.5. The second-order valence-electron chi connectivity index (χ2n) is 8.78. The number of benzene rings is 1. The van der Waals surface area contributed by atoms with Gasteiger partial charge < -0.3 is 20.0 Å². The first-order chi connectivity index (χ1) is 14.8. The van der Waals surface area contributed by atoms with Crippen LogP contribution in [-0.4, -0.2) is 68.5 Å². The van der Waals surface area contributed by atoms with Crippen LogP contribution >= 0.6 is 0 Å². The molecule has 2 amide bonds. The third kappa shape index (κ3) is 12.8. The lowest BCUT2D eigenvalue weighted by Gasteiger charge is -2.30. The van der Waals surface area contributed by atoms with Crippen LogP contribution in [0.15, 0.2) is 49.6 Å². The Morgan fingerprint density at radius 2 is 1.42 bits per heavy atom. The molecule has 2 N–H and O–H groups in total. The molecule has 0 bridgehead atoms. The fourth-order valence-electron chi connectivity index (χ4n) is 3.45. The third-order valence-electron chi connectivity index (χ3n) is 5.21. The Balaban J connectivity index is 2.30. The summed E-state index contributed by atoms with van der Waals surface area (Å²) in [7, 11) is 6.64. The topological polar surface area (TPSA) is 61.4 Å². The molecule has 0 spiro atoms. The monoisotopic (exact) mass is 429 g/mol. The number of quaternary nitrogens is 1. The first kappa shape index (κ1) is 26.6. The molecule has 1 rings (SSSR count). The minimum absolute atomic E-state index is 0.100. The number of nitrogens with one attached hydrogen (secondary N) is 2. The van der Waals surface area contributed by atoms with Gasteiger partial charge in [-0.3, -0.25) is 9.59 Å². The van der Waals surface area contributed by atoms with Crippen molar-refractivity contribution in [1.82, 2.24) is 15.5 Å². The maximum atomic E-state index is 11.2. The second-order valence-corrected chi connectivity index (χ2v) is 8.78. The Bertz CT molecular complexity index is 698. The number of hydrogen-bond donors (Lipinski definition) is 2. The Hall–Kier alpha value is -2.44. The smallest absolute Gasteiger partial charge is 0.243 e. The van der Waals surface area contributed by atoms with E-state index in [0.29, 0.717) is 13.1 Å². The molecule has 0 unspecified atom stereocenters. The Morgan fingerprint density at radius 1 is 0.903 bits per heavy atom. The Morgan fingerprint density at radius 3 is 1.97 bits per heavy atom. The molecule has 1 aromatic rings. The van der Waals surface area contributed by atoms with Crippen LogP contribution in [0.4, 0.5) is 0 Å². The summed E-state index contributed by atoms with van der Waals surface area (Å²) in [5.41, 5.74) is 2.66. The summed E-state index contributed by atoms with van der Waals surface area (Å²) < 4.78 is 0.928. The number of carbonyl (C=O) groups excluding carboxylic acids is 2. The van der Waals surface area contributed by atoms with Crippen LogP contribution in [0.25, 0.3) is 0 Å². The summed E-state index contributed by atoms with van der Waals surface area (Å²) >= 11 is 0. The van der Waals surface area contributed by atoms with Crippen LogP contribution in [0.2, 0.25) is 0 Å². The molecule has 0 fully saturated rings. The number of rotatable bonds is 16. The van der Waals surface area contributed by atoms with Crippen molar-refractivity contribution < 1.29 is 14.1 Å². The molecule has 0 saturated carbocycles. The summed E-state index contributed by atoms with van der Waals surface area (Å²) in [5.74, 6) is -0.205. The SMILES string of the molecule is C=CC(=O)NCCCCN(C)Cc1ccc(C[N+](C)(C)CCCCNC(=O)C=C)cc1. The van der Waals surface area contributed by atoms with E-state index in [1.54, 1.807) is 0 Å². The summed E-state index contributed by atoms with van der Waals surface area (Å²) in [6.07, 6.45) is 6.69. The number of carbonyl (C=O) groups is 2. The fraction of sp³-hybridized carbons (Fsp3) is 0.520. The highest BCUT2D eigenvalue weighted by Crippen LogP contribution is 2.13. The normalized spacial score (nSPS) is 11.2. The zero-order valence-corrected chi connectivity index (χ0v) is 19.7. The molecule has 31 heavy (non-hydrogen) atoms. The molecule has 1 aromatic carbocycles. The van der Waals surface area contributed by atoms with Crippen molar-refractivity contribution in [2.45, 2.75) is 38.8 Å². The van der Waals surface area contributed by atoms with Gasteiger partial charge in [0.05, 0.1) is 20.6 Å². The lowest BCUT2D eigenvalue weighted by atomic mass is 10.1. The molecule has 6 heteroatoms. The van der Waals surface area contributed by atoms with E-state index in [4.69, 9.17) is 0 Å². The van der Waals surface area contributed by atoms with Crippen LogP contribution in [0.1, 0.15) is 36.8 Å². The van der Waals surface area contributed by atoms with Gasteiger partial charge >= 0.3 is 0 Å². The zero-order valence-electron chi connectivity index (χ0n) is 19.7. The van der Waals surface area contributed by atoms with Gasteiger partial charge in [0.2, 0.25) is 11.8 Å². The van der Waals surface area contributed by atoms with E-state index in [1.165, 1.54) is 23.3 Å². The molecular formula is C25H41N4O2+. The average molecular weight is 430 g/mol. The van der Waals surface area contributed by atoms with Crippen molar-refractivity contribution in [1.29, 1.82) is 0 Å². The fourth-order valence-corrected chi connectivity index (χ4v) is 3.45. The average Bonchev–Trinajstić information content (AvgIpc) is 2.73. The van der Waals surface area contributed by atoms with Gasteiger partial charge in [-0.05, 0) is 57.0 Å². The van der Waals surface area contributed by atoms with E-state index in [-0.39, 0.29) is 11.8 Å². The van der Waals surface area contributed by atoms with Crippen molar-refractivity contribution in [2.75, 3.05) is 47.3 Å². The van der Waals surface area contributed by atoms with Gasteiger partial charge in [-0.15, -0.1) is 0 Å². The van der Waals surface area contributed by atoms with E-state index in [2.05, 4.69) is 74.1 Å². The Kier molecular flexibility index (Phi) is 12.5. The molecule has 0 aliphatic heterocycles. The van der Waals surface area contributed by atoms with Gasteiger partial charge in [-0.25, -0.2) is 0 Å². The van der Waals surface area contributed by atoms with Crippen molar-refractivity contribution in [3.8, 4) is 0 Å². The third-order valence-corrected chi connectivity index (χ3v) is 5.21. The van der Waals surface area contributed by atoms with Gasteiger partial charge in [0.1, 0.15) is 6.54 Å². The van der Waals surface area contributed by atoms with Gasteiger partial charge in [0.25, 0.3) is 0 Å². The van der Waals surface area contributed by atoms with Crippen LogP contribution < -0.4 is 10.6 Å². The molecule has 6 nitrogen and oxygen atoms in total. The van der Waals surface area contributed by atoms with Gasteiger partial charge in [0.15, 0.2) is 0 Å². The van der Waals surface area contributed by atoms with Gasteiger partial charge in [-0.1, -0.05) is 37.4 Å². The predicted octanol–water partition coefficient (Wildman–Crippen LogP) is 2.86. The Labute approximate surface area is 188 Å². The lowest BCUT2D eigenvalue weighted by molar-refractivity contribution is -0.903. The van der Waals surface area contributed by atoms with Gasteiger partial charge in [0, 0.05) is 25.2 Å². The number of amides is 2. The van der Waals surface area contributed by atoms with Crippen molar-refractivity contribution in [2.24, 2.45) is 0 Å². The first-order valence-corrected chi connectivity index (χ1v) is 11.1. The minimum atomic E-state index is -0.104. The molecule has 0 aromatic heterocycles. The lowest BCUT2D eigenvalue weighted by Crippen LogP contribution is -2.39. The highest BCUT2D eigenvalue weighted by Gasteiger charge is 2.15. The predicted molar refractivity (Wildman–Crippen MR) is 128 cm³/mol. The quantitative estimate of drug-likeness (QED) is 0.241. The van der Waals surface area contributed by atoms with E-state index < -0.39 is 0 Å². The largest absolute Gasteiger partial charge is 0.353 e. The summed E-state index contributed by atoms with van der Waals surface area (Å²) in [4.78, 5) is 24.6. The van der Waals surface area contributed by atoms with Crippen LogP contribution in [0.3, 0.4) is 0 Å². The number of unbranched alkanes of at least 4 members (excludes halogenated alkanes) is 2. The highest BCUT2D eigenvalue weighted by molar-refractivity contribution is 5.87. The molecule has 0 radical (unpaired) electrons. The van der Waals surface area contributed by atoms with E-state index in [0.717, 1.165) is 56.3 Å². The van der Waals surface area contributed by atoms with Crippen LogP contribution in [0, 0.1) is 0 Å². The first-order valence-electron chi connectivity index (χ1n) is 11.1. The van der Waals surface area contributed by atoms with E-state index in [9.17, 15) is 9.59 Å². The van der Waals surface area contributed by atoms with E-state index in [1.807, 2.05) is 0 Å². The van der Waals surface area contributed by atoms with Crippen molar-refractivity contribution in [3.05, 3.63) is 60.7 Å². The number of nitrogens with zero attached hydrogens (tertiary/aromatic N) is 2. The van der Waals surface area contributed by atoms with Gasteiger partial charge in [-0.2, -0.15) is 0 Å². The maximum Gasteiger partial charge on any atom is 0.243 e. The summed E-state index contributed by atoms with van der Waals surface area (Å²) in [5, 5.41) is 5.64. The molecule has 0 aliphatic rings. The highest BCUT2D eigenvalue weighted by atomic mass is 16.2. The minimum Gasteiger partial charge on any atom is -0.353 e. The molecular weight excluding hydrogens is 388 g/mol. The van der Waals surface area contributed by atoms with Crippen molar-refractivity contribution in [3.63, 3.8) is 0 Å². The molecule has 0 heterocycles. The summed E-state index contributed by atoms with van der Waals surface area (Å²) in [6, 6.07) is 8.92. The maximum absolute atomic E-state index is 11.2. The van der Waals surface area contributed by atoms with E-state index >= 15 is 0 Å². The number of hydrogen-bond acceptors (Lipinski definition) is 3. The van der Waals surface area contributed by atoms with Crippen LogP contribution in [-0.2, 0) is 22.7 Å². The molecule has 0 aliphatic carbocycles. The molecule has 0 saturated heterocycles. The molecule has 172 valence electrons. The zero-order chi connectivity index (χ0) is 23.1. The standard InChI is InChI=1S/C25H40N4O2/c1-6-24(30)26-16-8-10-18-28(3)20-22-12-14-23(15-13-22)21-29(4,5)19-11-9-17-27-25(31)7-2/h6-7,12-15H,1-2,8-11,16-21H2,3-5H3,(H-,26,27,30,31)/p+1. The van der Waals surface area contributed by atoms with Crippen LogP contribution in [0.5, 0.6) is 0 Å². The summed E-state index contributed by atoms with van der Waals surface area (Å²) in [6.45, 7) is 12.3. The van der Waals surface area contributed by atoms with Crippen molar-refractivity contribution >= 4 is 11.8 Å².